The Balaban J connectivity index is 1.74. The number of nitrogens with one attached hydrogen (secondary N) is 1. The predicted molar refractivity (Wildman–Crippen MR) is 87.1 cm³/mol. The minimum Gasteiger partial charge on any atom is -0.377 e. The number of sulfonamides is 1. The van der Waals surface area contributed by atoms with Crippen LogP contribution in [0.1, 0.15) is 25.3 Å². The van der Waals surface area contributed by atoms with Crippen molar-refractivity contribution >= 4 is 20.9 Å². The fraction of sp³-hybridized carbons (Fsp3) is 0.500. The van der Waals surface area contributed by atoms with E-state index in [2.05, 4.69) is 4.98 Å². The van der Waals surface area contributed by atoms with Crippen LogP contribution in [-0.2, 0) is 21.3 Å². The van der Waals surface area contributed by atoms with Crippen molar-refractivity contribution in [3.63, 3.8) is 0 Å². The topological polar surface area (TPSA) is 62.4 Å². The van der Waals surface area contributed by atoms with Gasteiger partial charge in [-0.25, -0.2) is 8.42 Å². The normalized spacial score (nSPS) is 19.3. The molecule has 1 N–H and O–H groups in total. The van der Waals surface area contributed by atoms with Gasteiger partial charge in [-0.05, 0) is 42.0 Å². The van der Waals surface area contributed by atoms with E-state index >= 15 is 0 Å². The highest BCUT2D eigenvalue weighted by Gasteiger charge is 2.27. The Hall–Kier alpha value is -1.37. The highest BCUT2D eigenvalue weighted by atomic mass is 32.2. The Morgan fingerprint density at radius 3 is 2.95 bits per heavy atom. The van der Waals surface area contributed by atoms with Gasteiger partial charge in [0.25, 0.3) is 0 Å². The summed E-state index contributed by atoms with van der Waals surface area (Å²) < 4.78 is 32.2. The summed E-state index contributed by atoms with van der Waals surface area (Å²) in [6, 6.07) is 8.00. The van der Waals surface area contributed by atoms with Crippen LogP contribution in [0.3, 0.4) is 0 Å². The molecule has 0 unspecified atom stereocenters. The van der Waals surface area contributed by atoms with Crippen molar-refractivity contribution in [1.29, 1.82) is 0 Å². The van der Waals surface area contributed by atoms with E-state index in [0.29, 0.717) is 19.7 Å². The monoisotopic (exact) mass is 322 g/mol. The summed E-state index contributed by atoms with van der Waals surface area (Å²) in [6.45, 7) is 3.44. The van der Waals surface area contributed by atoms with Crippen molar-refractivity contribution in [3.8, 4) is 0 Å². The van der Waals surface area contributed by atoms with E-state index in [4.69, 9.17) is 4.74 Å². The smallest absolute Gasteiger partial charge is 0.216 e. The summed E-state index contributed by atoms with van der Waals surface area (Å²) in [7, 11) is -3.29. The molecule has 0 saturated carbocycles. The molecule has 6 heteroatoms. The molecule has 1 saturated heterocycles. The molecule has 0 aliphatic carbocycles. The Kier molecular flexibility index (Phi) is 4.52. The van der Waals surface area contributed by atoms with Crippen molar-refractivity contribution in [2.24, 2.45) is 0 Å². The van der Waals surface area contributed by atoms with Crippen molar-refractivity contribution < 1.29 is 13.2 Å². The molecule has 120 valence electrons. The second-order valence-corrected chi connectivity index (χ2v) is 7.75. The first-order chi connectivity index (χ1) is 10.6. The van der Waals surface area contributed by atoms with Crippen LogP contribution in [0.5, 0.6) is 0 Å². The second-order valence-electron chi connectivity index (χ2n) is 5.74. The molecule has 5 nitrogen and oxygen atoms in total. The maximum atomic E-state index is 12.6. The van der Waals surface area contributed by atoms with Crippen LogP contribution in [0.25, 0.3) is 10.9 Å². The van der Waals surface area contributed by atoms with E-state index in [0.717, 1.165) is 29.3 Å². The van der Waals surface area contributed by atoms with Gasteiger partial charge >= 0.3 is 0 Å². The maximum Gasteiger partial charge on any atom is 0.216 e. The summed E-state index contributed by atoms with van der Waals surface area (Å²) in [5, 5.41) is 1.10. The number of benzene rings is 1. The molecule has 0 bridgehead atoms. The molecular formula is C16H22N2O3S. The maximum absolute atomic E-state index is 12.6. The quantitative estimate of drug-likeness (QED) is 0.889. The number of aromatic nitrogens is 1. The highest BCUT2D eigenvalue weighted by molar-refractivity contribution is 7.89. The first-order valence-corrected chi connectivity index (χ1v) is 9.35. The first-order valence-electron chi connectivity index (χ1n) is 7.74. The molecule has 1 aliphatic rings. The number of aromatic amines is 1. The van der Waals surface area contributed by atoms with Gasteiger partial charge in [-0.15, -0.1) is 0 Å². The fourth-order valence-electron chi connectivity index (χ4n) is 2.93. The van der Waals surface area contributed by atoms with Crippen LogP contribution in [0, 0.1) is 0 Å². The number of hydrogen-bond acceptors (Lipinski definition) is 3. The van der Waals surface area contributed by atoms with Crippen molar-refractivity contribution in [1.82, 2.24) is 9.29 Å². The number of hydrogen-bond donors (Lipinski definition) is 1. The Labute approximate surface area is 131 Å². The molecule has 0 amide bonds. The summed E-state index contributed by atoms with van der Waals surface area (Å²) in [4.78, 5) is 3.14. The second kappa shape index (κ2) is 6.40. The van der Waals surface area contributed by atoms with Gasteiger partial charge in [-0.2, -0.15) is 4.31 Å². The van der Waals surface area contributed by atoms with Gasteiger partial charge in [0.1, 0.15) is 0 Å². The molecule has 3 rings (SSSR count). The van der Waals surface area contributed by atoms with Crippen LogP contribution in [-0.4, -0.2) is 42.7 Å². The summed E-state index contributed by atoms with van der Waals surface area (Å²) in [5.74, 6) is 0.0905. The van der Waals surface area contributed by atoms with Crippen LogP contribution in [0.15, 0.2) is 30.5 Å². The minimum absolute atomic E-state index is 0.0905. The van der Waals surface area contributed by atoms with Gasteiger partial charge in [-0.3, -0.25) is 0 Å². The fourth-order valence-corrected chi connectivity index (χ4v) is 4.61. The number of nitrogens with zero attached hydrogens (tertiary/aromatic N) is 1. The van der Waals surface area contributed by atoms with E-state index < -0.39 is 10.0 Å². The van der Waals surface area contributed by atoms with E-state index in [1.165, 1.54) is 0 Å². The third kappa shape index (κ3) is 3.34. The lowest BCUT2D eigenvalue weighted by molar-refractivity contribution is 0.126. The van der Waals surface area contributed by atoms with E-state index in [1.807, 2.05) is 37.4 Å². The number of rotatable bonds is 6. The zero-order chi connectivity index (χ0) is 15.6. The van der Waals surface area contributed by atoms with Crippen LogP contribution >= 0.6 is 0 Å². The average Bonchev–Trinajstić information content (AvgIpc) is 3.14. The molecule has 1 aliphatic heterocycles. The number of H-pyrrole nitrogens is 1. The lowest BCUT2D eigenvalue weighted by atomic mass is 10.1. The average molecular weight is 322 g/mol. The van der Waals surface area contributed by atoms with E-state index in [1.54, 1.807) is 4.31 Å². The largest absolute Gasteiger partial charge is 0.377 e. The van der Waals surface area contributed by atoms with Crippen molar-refractivity contribution in [2.45, 2.75) is 32.4 Å². The molecule has 1 aromatic carbocycles. The van der Waals surface area contributed by atoms with E-state index in [-0.39, 0.29) is 11.9 Å². The highest BCUT2D eigenvalue weighted by Crippen LogP contribution is 2.19. The molecule has 2 aromatic rings. The number of fused-ring (bicyclic) bond motifs is 1. The van der Waals surface area contributed by atoms with Gasteiger partial charge in [0.15, 0.2) is 0 Å². The molecule has 1 fully saturated rings. The summed E-state index contributed by atoms with van der Waals surface area (Å²) in [6.07, 6.45) is 3.54. The van der Waals surface area contributed by atoms with Crippen LogP contribution in [0.4, 0.5) is 0 Å². The third-order valence-corrected chi connectivity index (χ3v) is 6.11. The van der Waals surface area contributed by atoms with Gasteiger partial charge in [0, 0.05) is 31.4 Å². The van der Waals surface area contributed by atoms with Crippen molar-refractivity contribution in [2.75, 3.05) is 18.9 Å². The minimum atomic E-state index is -3.29. The van der Waals surface area contributed by atoms with Crippen LogP contribution < -0.4 is 0 Å². The Bertz CT molecular complexity index is 733. The summed E-state index contributed by atoms with van der Waals surface area (Å²) >= 11 is 0. The molecule has 1 aromatic heterocycles. The van der Waals surface area contributed by atoms with Gasteiger partial charge in [0.2, 0.25) is 10.0 Å². The molecular weight excluding hydrogens is 300 g/mol. The molecule has 1 atom stereocenters. The van der Waals surface area contributed by atoms with E-state index in [9.17, 15) is 8.42 Å². The zero-order valence-electron chi connectivity index (χ0n) is 12.8. The Morgan fingerprint density at radius 2 is 2.23 bits per heavy atom. The predicted octanol–water partition coefficient (Wildman–Crippen LogP) is 2.50. The zero-order valence-corrected chi connectivity index (χ0v) is 13.6. The molecule has 0 spiro atoms. The van der Waals surface area contributed by atoms with Gasteiger partial charge < -0.3 is 9.72 Å². The SMILES string of the molecule is CCN(Cc1ccc2[nH]ccc2c1)S(=O)(=O)C[C@@H]1CCCO1. The Morgan fingerprint density at radius 1 is 1.36 bits per heavy atom. The standard InChI is InChI=1S/C16H22N2O3S/c1-2-18(22(19,20)12-15-4-3-9-21-15)11-13-5-6-16-14(10-13)7-8-17-16/h5-8,10,15,17H,2-4,9,11-12H2,1H3/t15-/m0/s1. The molecule has 22 heavy (non-hydrogen) atoms. The lowest BCUT2D eigenvalue weighted by Gasteiger charge is -2.22. The summed E-state index contributed by atoms with van der Waals surface area (Å²) in [5.41, 5.74) is 2.07. The third-order valence-electron chi connectivity index (χ3n) is 4.14. The molecule has 0 radical (unpaired) electrons. The van der Waals surface area contributed by atoms with Crippen molar-refractivity contribution in [3.05, 3.63) is 36.0 Å². The first kappa shape index (κ1) is 15.5. The van der Waals surface area contributed by atoms with Gasteiger partial charge in [-0.1, -0.05) is 13.0 Å². The van der Waals surface area contributed by atoms with Crippen LogP contribution in [0.2, 0.25) is 0 Å². The number of ether oxygens (including phenoxy) is 1. The molecule has 2 heterocycles. The lowest BCUT2D eigenvalue weighted by Crippen LogP contribution is -2.36. The van der Waals surface area contributed by atoms with Gasteiger partial charge in [0.05, 0.1) is 11.9 Å².